The van der Waals surface area contributed by atoms with Crippen LogP contribution in [0.4, 0.5) is 5.69 Å². The van der Waals surface area contributed by atoms with Crippen LogP contribution < -0.4 is 10.1 Å². The Morgan fingerprint density at radius 1 is 1.06 bits per heavy atom. The Labute approximate surface area is 184 Å². The number of sulfonamides is 1. The molecule has 0 aromatic heterocycles. The van der Waals surface area contributed by atoms with E-state index < -0.39 is 16.1 Å². The predicted molar refractivity (Wildman–Crippen MR) is 116 cm³/mol. The minimum absolute atomic E-state index is 0.103. The van der Waals surface area contributed by atoms with Gasteiger partial charge in [-0.05, 0) is 51.2 Å². The molecule has 0 unspecified atom stereocenters. The van der Waals surface area contributed by atoms with E-state index in [1.165, 1.54) is 23.2 Å². The van der Waals surface area contributed by atoms with Gasteiger partial charge >= 0.3 is 0 Å². The third-order valence-corrected chi connectivity index (χ3v) is 8.59. The average molecular weight is 450 g/mol. The minimum Gasteiger partial charge on any atom is -0.479 e. The lowest BCUT2D eigenvalue weighted by Crippen LogP contribution is -2.44. The molecule has 0 bridgehead atoms. The quantitative estimate of drug-likeness (QED) is 0.765. The topological polar surface area (TPSA) is 96.0 Å². The molecular formula is C22H31N3O5S. The smallest absolute Gasteiger partial charge is 0.265 e. The number of piperidine rings is 1. The molecule has 2 fully saturated rings. The summed E-state index contributed by atoms with van der Waals surface area (Å²) in [7, 11) is -3.72. The lowest BCUT2D eigenvalue weighted by atomic mass is 9.96. The molecule has 1 aromatic rings. The fourth-order valence-electron chi connectivity index (χ4n) is 4.65. The summed E-state index contributed by atoms with van der Waals surface area (Å²) in [5.74, 6) is 0.191. The van der Waals surface area contributed by atoms with E-state index in [9.17, 15) is 18.0 Å². The number of amides is 2. The Kier molecular flexibility index (Phi) is 6.25. The van der Waals surface area contributed by atoms with Crippen LogP contribution in [0.3, 0.4) is 0 Å². The van der Waals surface area contributed by atoms with Crippen molar-refractivity contribution in [3.05, 3.63) is 17.7 Å². The molecule has 0 saturated carbocycles. The van der Waals surface area contributed by atoms with Gasteiger partial charge in [-0.2, -0.15) is 4.31 Å². The van der Waals surface area contributed by atoms with Crippen molar-refractivity contribution in [2.45, 2.75) is 63.4 Å². The maximum absolute atomic E-state index is 13.4. The van der Waals surface area contributed by atoms with E-state index >= 15 is 0 Å². The number of carbonyl (C=O) groups is 2. The number of nitrogens with one attached hydrogen (secondary N) is 1. The van der Waals surface area contributed by atoms with E-state index in [1.54, 1.807) is 19.9 Å². The third-order valence-electron chi connectivity index (χ3n) is 6.55. The summed E-state index contributed by atoms with van der Waals surface area (Å²) in [6.07, 6.45) is 4.87. The zero-order chi connectivity index (χ0) is 22.2. The minimum atomic E-state index is -3.72. The van der Waals surface area contributed by atoms with Crippen molar-refractivity contribution >= 4 is 27.5 Å². The number of benzene rings is 1. The summed E-state index contributed by atoms with van der Waals surface area (Å²) in [5, 5.41) is 2.75. The zero-order valence-corrected chi connectivity index (χ0v) is 19.0. The Morgan fingerprint density at radius 2 is 1.71 bits per heavy atom. The van der Waals surface area contributed by atoms with Crippen LogP contribution in [0.25, 0.3) is 0 Å². The average Bonchev–Trinajstić information content (AvgIpc) is 3.03. The maximum atomic E-state index is 13.4. The Hall–Kier alpha value is -2.13. The third kappa shape index (κ3) is 4.43. The first-order chi connectivity index (χ1) is 14.8. The molecule has 4 rings (SSSR count). The van der Waals surface area contributed by atoms with Gasteiger partial charge in [-0.25, -0.2) is 8.42 Å². The van der Waals surface area contributed by atoms with E-state index in [0.717, 1.165) is 25.9 Å². The van der Waals surface area contributed by atoms with Crippen molar-refractivity contribution in [1.29, 1.82) is 0 Å². The van der Waals surface area contributed by atoms with E-state index in [1.807, 2.05) is 4.90 Å². The molecule has 170 valence electrons. The van der Waals surface area contributed by atoms with Crippen LogP contribution in [0.15, 0.2) is 17.0 Å². The van der Waals surface area contributed by atoms with Crippen LogP contribution in [0.5, 0.6) is 5.75 Å². The molecule has 2 saturated heterocycles. The van der Waals surface area contributed by atoms with Gasteiger partial charge in [0.15, 0.2) is 6.10 Å². The number of rotatable bonds is 3. The monoisotopic (exact) mass is 449 g/mol. The summed E-state index contributed by atoms with van der Waals surface area (Å²) in [4.78, 5) is 26.9. The van der Waals surface area contributed by atoms with Crippen LogP contribution in [-0.4, -0.2) is 61.7 Å². The summed E-state index contributed by atoms with van der Waals surface area (Å²) in [6, 6.07) is 3.14. The molecule has 0 radical (unpaired) electrons. The second-order valence-electron chi connectivity index (χ2n) is 8.78. The van der Waals surface area contributed by atoms with Gasteiger partial charge in [-0.3, -0.25) is 9.59 Å². The fraction of sp³-hybridized carbons (Fsp3) is 0.636. The Morgan fingerprint density at radius 3 is 2.35 bits per heavy atom. The van der Waals surface area contributed by atoms with Crippen molar-refractivity contribution in [3.8, 4) is 5.75 Å². The first-order valence-corrected chi connectivity index (χ1v) is 12.6. The molecule has 1 aromatic carbocycles. The molecule has 3 heterocycles. The van der Waals surface area contributed by atoms with Gasteiger partial charge in [-0.15, -0.1) is 0 Å². The molecule has 2 amide bonds. The summed E-state index contributed by atoms with van der Waals surface area (Å²) >= 11 is 0. The number of anilines is 1. The lowest BCUT2D eigenvalue weighted by molar-refractivity contribution is -0.136. The molecule has 9 heteroatoms. The van der Waals surface area contributed by atoms with Gasteiger partial charge < -0.3 is 15.0 Å². The highest BCUT2D eigenvalue weighted by Gasteiger charge is 2.35. The number of nitrogens with zero attached hydrogens (tertiary/aromatic N) is 2. The van der Waals surface area contributed by atoms with Crippen molar-refractivity contribution in [3.63, 3.8) is 0 Å². The number of ether oxygens (including phenoxy) is 1. The normalized spacial score (nSPS) is 23.5. The number of fused-ring (bicyclic) bond motifs is 1. The second kappa shape index (κ2) is 8.78. The van der Waals surface area contributed by atoms with Crippen LogP contribution in [0.2, 0.25) is 0 Å². The maximum Gasteiger partial charge on any atom is 0.265 e. The second-order valence-corrected chi connectivity index (χ2v) is 10.7. The van der Waals surface area contributed by atoms with E-state index in [-0.39, 0.29) is 22.6 Å². The Bertz CT molecular complexity index is 962. The first kappa shape index (κ1) is 22.1. The van der Waals surface area contributed by atoms with E-state index in [4.69, 9.17) is 4.74 Å². The molecule has 1 atom stereocenters. The fourth-order valence-corrected chi connectivity index (χ4v) is 6.34. The Balaban J connectivity index is 1.46. The van der Waals surface area contributed by atoms with Crippen molar-refractivity contribution in [2.24, 2.45) is 5.92 Å². The van der Waals surface area contributed by atoms with Gasteiger partial charge in [0.2, 0.25) is 15.9 Å². The summed E-state index contributed by atoms with van der Waals surface area (Å²) in [6.45, 7) is 5.64. The van der Waals surface area contributed by atoms with Crippen LogP contribution in [-0.2, 0) is 19.6 Å². The largest absolute Gasteiger partial charge is 0.479 e. The zero-order valence-electron chi connectivity index (χ0n) is 18.2. The molecule has 8 nitrogen and oxygen atoms in total. The van der Waals surface area contributed by atoms with Crippen molar-refractivity contribution in [2.75, 3.05) is 31.5 Å². The van der Waals surface area contributed by atoms with Crippen LogP contribution in [0, 0.1) is 12.8 Å². The number of hydrogen-bond donors (Lipinski definition) is 1. The van der Waals surface area contributed by atoms with E-state index in [2.05, 4.69) is 5.32 Å². The molecule has 3 aliphatic heterocycles. The molecule has 3 aliphatic rings. The van der Waals surface area contributed by atoms with Crippen molar-refractivity contribution < 1.29 is 22.7 Å². The van der Waals surface area contributed by atoms with Crippen LogP contribution >= 0.6 is 0 Å². The van der Waals surface area contributed by atoms with Gasteiger partial charge in [-0.1, -0.05) is 12.8 Å². The highest BCUT2D eigenvalue weighted by atomic mass is 32.2. The predicted octanol–water partition coefficient (Wildman–Crippen LogP) is 2.52. The standard InChI is InChI=1S/C22H31N3O5S/c1-15-13-18-19(30-16(2)21(26)23-18)14-20(15)31(28,29)25-11-7-17(8-12-25)22(27)24-9-5-3-4-6-10-24/h13-14,16-17H,3-12H2,1-2H3,(H,23,26)/t16-/m0/s1. The molecular weight excluding hydrogens is 418 g/mol. The number of carbonyl (C=O) groups excluding carboxylic acids is 2. The van der Waals surface area contributed by atoms with Gasteiger partial charge in [0.1, 0.15) is 5.75 Å². The molecule has 31 heavy (non-hydrogen) atoms. The number of likely N-dealkylation sites (tertiary alicyclic amines) is 1. The highest BCUT2D eigenvalue weighted by Crippen LogP contribution is 2.36. The van der Waals surface area contributed by atoms with Gasteiger partial charge in [0.05, 0.1) is 10.6 Å². The summed E-state index contributed by atoms with van der Waals surface area (Å²) in [5.41, 5.74) is 1.04. The van der Waals surface area contributed by atoms with Gasteiger partial charge in [0, 0.05) is 38.2 Å². The molecule has 0 aliphatic carbocycles. The van der Waals surface area contributed by atoms with Crippen molar-refractivity contribution in [1.82, 2.24) is 9.21 Å². The SMILES string of the molecule is Cc1cc2c(cc1S(=O)(=O)N1CCC(C(=O)N3CCCCCC3)CC1)O[C@@H](C)C(=O)N2. The number of aryl methyl sites for hydroxylation is 1. The van der Waals surface area contributed by atoms with E-state index in [0.29, 0.717) is 42.9 Å². The lowest BCUT2D eigenvalue weighted by Gasteiger charge is -2.34. The summed E-state index contributed by atoms with van der Waals surface area (Å²) < 4.78 is 33.8. The number of hydrogen-bond acceptors (Lipinski definition) is 5. The first-order valence-electron chi connectivity index (χ1n) is 11.2. The molecule has 1 N–H and O–H groups in total. The van der Waals surface area contributed by atoms with Crippen LogP contribution in [0.1, 0.15) is 51.0 Å². The van der Waals surface area contributed by atoms with Gasteiger partial charge in [0.25, 0.3) is 5.91 Å². The molecule has 0 spiro atoms. The highest BCUT2D eigenvalue weighted by molar-refractivity contribution is 7.89.